The van der Waals surface area contributed by atoms with Crippen LogP contribution in [-0.2, 0) is 4.12 Å². The molecule has 0 radical (unpaired) electrons. The number of benzene rings is 1. The minimum atomic E-state index is -0.425. The molecule has 0 aliphatic rings. The van der Waals surface area contributed by atoms with Crippen molar-refractivity contribution >= 4 is 25.4 Å². The van der Waals surface area contributed by atoms with E-state index in [0.717, 1.165) is 22.8 Å². The maximum atomic E-state index is 5.32. The van der Waals surface area contributed by atoms with Gasteiger partial charge in [0.1, 0.15) is 16.2 Å². The van der Waals surface area contributed by atoms with E-state index >= 15 is 0 Å². The summed E-state index contributed by atoms with van der Waals surface area (Å²) in [6.07, 6.45) is 0. The Balaban J connectivity index is 2.58. The highest BCUT2D eigenvalue weighted by atomic mass is 28.3. The van der Waals surface area contributed by atoms with Gasteiger partial charge >= 0.3 is 0 Å². The van der Waals surface area contributed by atoms with Crippen LogP contribution in [0.25, 0.3) is 0 Å². The van der Waals surface area contributed by atoms with E-state index in [9.17, 15) is 0 Å². The van der Waals surface area contributed by atoms with Gasteiger partial charge in [-0.25, -0.2) is 0 Å². The van der Waals surface area contributed by atoms with Gasteiger partial charge in [0.15, 0.2) is 9.76 Å². The Hall–Kier alpha value is -0.586. The SMILES string of the molecule is CCOc1ccc([SiH2]O[SiH3])cc1. The highest BCUT2D eigenvalue weighted by Crippen LogP contribution is 2.06. The molecule has 1 rings (SSSR count). The van der Waals surface area contributed by atoms with E-state index in [-0.39, 0.29) is 0 Å². The van der Waals surface area contributed by atoms with Gasteiger partial charge in [-0.3, -0.25) is 0 Å². The highest BCUT2D eigenvalue weighted by Gasteiger charge is 1.93. The number of rotatable bonds is 4. The second kappa shape index (κ2) is 5.13. The first-order chi connectivity index (χ1) is 5.86. The predicted octanol–water partition coefficient (Wildman–Crippen LogP) is -0.909. The van der Waals surface area contributed by atoms with Crippen molar-refractivity contribution in [1.29, 1.82) is 0 Å². The van der Waals surface area contributed by atoms with Gasteiger partial charge in [-0.1, -0.05) is 12.1 Å². The zero-order chi connectivity index (χ0) is 8.81. The van der Waals surface area contributed by atoms with Crippen molar-refractivity contribution in [1.82, 2.24) is 0 Å². The molecule has 0 saturated heterocycles. The lowest BCUT2D eigenvalue weighted by atomic mass is 10.3. The molecule has 0 spiro atoms. The second-order valence-corrected chi connectivity index (χ2v) is 5.92. The molecule has 0 unspecified atom stereocenters. The fraction of sp³-hybridized carbons (Fsp3) is 0.250. The van der Waals surface area contributed by atoms with Crippen molar-refractivity contribution < 1.29 is 8.85 Å². The summed E-state index contributed by atoms with van der Waals surface area (Å²) in [4.78, 5) is 0. The lowest BCUT2D eigenvalue weighted by Crippen LogP contribution is -2.15. The Kier molecular flexibility index (Phi) is 4.06. The Morgan fingerprint density at radius 2 is 2.00 bits per heavy atom. The lowest BCUT2D eigenvalue weighted by Gasteiger charge is -2.03. The van der Waals surface area contributed by atoms with E-state index in [0.29, 0.717) is 0 Å². The quantitative estimate of drug-likeness (QED) is 0.583. The molecule has 0 saturated carbocycles. The average molecular weight is 198 g/mol. The fourth-order valence-electron chi connectivity index (χ4n) is 1.02. The van der Waals surface area contributed by atoms with Crippen LogP contribution in [-0.4, -0.2) is 26.9 Å². The molecule has 4 heteroatoms. The van der Waals surface area contributed by atoms with Crippen molar-refractivity contribution in [3.63, 3.8) is 0 Å². The van der Waals surface area contributed by atoms with Crippen molar-refractivity contribution in [2.24, 2.45) is 0 Å². The molecule has 0 fully saturated rings. The average Bonchev–Trinajstić information content (AvgIpc) is 2.09. The normalized spacial score (nSPS) is 11.1. The molecular formula is C8H14O2Si2. The number of hydrogen-bond acceptors (Lipinski definition) is 2. The van der Waals surface area contributed by atoms with E-state index in [2.05, 4.69) is 12.1 Å². The Morgan fingerprint density at radius 1 is 1.33 bits per heavy atom. The summed E-state index contributed by atoms with van der Waals surface area (Å²) in [5, 5.41) is 1.34. The van der Waals surface area contributed by atoms with Crippen LogP contribution in [0.5, 0.6) is 5.75 Å². The maximum absolute atomic E-state index is 5.32. The number of ether oxygens (including phenoxy) is 1. The Morgan fingerprint density at radius 3 is 2.50 bits per heavy atom. The van der Waals surface area contributed by atoms with Gasteiger partial charge < -0.3 is 8.85 Å². The van der Waals surface area contributed by atoms with Crippen LogP contribution in [0, 0.1) is 0 Å². The summed E-state index contributed by atoms with van der Waals surface area (Å²) in [5.41, 5.74) is 0. The third-order valence-electron chi connectivity index (χ3n) is 1.55. The van der Waals surface area contributed by atoms with Crippen LogP contribution in [0.2, 0.25) is 0 Å². The minimum absolute atomic E-state index is 0.425. The third-order valence-corrected chi connectivity index (χ3v) is 3.50. The van der Waals surface area contributed by atoms with E-state index in [1.165, 1.54) is 5.19 Å². The zero-order valence-electron chi connectivity index (χ0n) is 7.54. The summed E-state index contributed by atoms with van der Waals surface area (Å²) >= 11 is 0. The van der Waals surface area contributed by atoms with E-state index in [1.807, 2.05) is 19.1 Å². The molecule has 0 bridgehead atoms. The molecule has 2 nitrogen and oxygen atoms in total. The molecule has 66 valence electrons. The summed E-state index contributed by atoms with van der Waals surface area (Å²) in [5.74, 6) is 0.948. The van der Waals surface area contributed by atoms with Gasteiger partial charge in [0.05, 0.1) is 6.61 Å². The smallest absolute Gasteiger partial charge is 0.178 e. The van der Waals surface area contributed by atoms with Crippen molar-refractivity contribution in [3.05, 3.63) is 24.3 Å². The Bertz CT molecular complexity index is 198. The molecule has 0 atom stereocenters. The van der Waals surface area contributed by atoms with Crippen molar-refractivity contribution in [2.75, 3.05) is 6.61 Å². The first-order valence-corrected chi connectivity index (χ1v) is 6.17. The first-order valence-electron chi connectivity index (χ1n) is 4.07. The fourth-order valence-corrected chi connectivity index (χ4v) is 2.78. The summed E-state index contributed by atoms with van der Waals surface area (Å²) in [7, 11) is 0.429. The van der Waals surface area contributed by atoms with Crippen LogP contribution < -0.4 is 9.92 Å². The second-order valence-electron chi connectivity index (χ2n) is 2.51. The van der Waals surface area contributed by atoms with Gasteiger partial charge in [-0.15, -0.1) is 0 Å². The van der Waals surface area contributed by atoms with Crippen molar-refractivity contribution in [2.45, 2.75) is 6.92 Å². The summed E-state index contributed by atoms with van der Waals surface area (Å²) in [6.45, 7) is 2.72. The Labute approximate surface area is 78.4 Å². The van der Waals surface area contributed by atoms with E-state index in [4.69, 9.17) is 8.85 Å². The van der Waals surface area contributed by atoms with Gasteiger partial charge in [-0.05, 0) is 24.2 Å². The molecule has 0 heterocycles. The van der Waals surface area contributed by atoms with E-state index < -0.39 is 9.76 Å². The molecule has 0 amide bonds. The lowest BCUT2D eigenvalue weighted by molar-refractivity contribution is 0.340. The molecule has 1 aromatic carbocycles. The van der Waals surface area contributed by atoms with Gasteiger partial charge in [0.2, 0.25) is 0 Å². The largest absolute Gasteiger partial charge is 0.494 e. The minimum Gasteiger partial charge on any atom is -0.494 e. The highest BCUT2D eigenvalue weighted by molar-refractivity contribution is 6.50. The van der Waals surface area contributed by atoms with Crippen LogP contribution in [0.15, 0.2) is 24.3 Å². The molecular weight excluding hydrogens is 184 g/mol. The van der Waals surface area contributed by atoms with E-state index in [1.54, 1.807) is 0 Å². The third kappa shape index (κ3) is 2.80. The molecule has 12 heavy (non-hydrogen) atoms. The molecule has 0 aliphatic heterocycles. The van der Waals surface area contributed by atoms with Gasteiger partial charge in [0, 0.05) is 0 Å². The molecule has 0 aliphatic carbocycles. The van der Waals surface area contributed by atoms with Crippen LogP contribution in [0.1, 0.15) is 6.92 Å². The van der Waals surface area contributed by atoms with Gasteiger partial charge in [0.25, 0.3) is 0 Å². The topological polar surface area (TPSA) is 18.5 Å². The number of hydrogen-bond donors (Lipinski definition) is 0. The van der Waals surface area contributed by atoms with Crippen LogP contribution >= 0.6 is 0 Å². The molecule has 1 aromatic rings. The maximum Gasteiger partial charge on any atom is 0.178 e. The van der Waals surface area contributed by atoms with Crippen molar-refractivity contribution in [3.8, 4) is 5.75 Å². The molecule has 0 aromatic heterocycles. The summed E-state index contributed by atoms with van der Waals surface area (Å²) in [6, 6.07) is 8.20. The van der Waals surface area contributed by atoms with Crippen LogP contribution in [0.4, 0.5) is 0 Å². The first kappa shape index (κ1) is 9.50. The van der Waals surface area contributed by atoms with Gasteiger partial charge in [-0.2, -0.15) is 0 Å². The zero-order valence-corrected chi connectivity index (χ0v) is 11.0. The molecule has 0 N–H and O–H groups in total. The standard InChI is InChI=1S/C8H14O2Si2/c1-2-9-7-3-5-8(6-4-7)12-10-11/h3-6H,2,12H2,1,11H3. The monoisotopic (exact) mass is 198 g/mol. The predicted molar refractivity (Wildman–Crippen MR) is 56.8 cm³/mol. The van der Waals surface area contributed by atoms with Crippen LogP contribution in [0.3, 0.4) is 0 Å². The summed E-state index contributed by atoms with van der Waals surface area (Å²) < 4.78 is 10.6.